The molecule has 140 valence electrons. The van der Waals surface area contributed by atoms with Crippen LogP contribution in [0.2, 0.25) is 0 Å². The third-order valence-corrected chi connectivity index (χ3v) is 3.82. The molecule has 6 nitrogen and oxygen atoms in total. The van der Waals surface area contributed by atoms with Crippen LogP contribution in [-0.2, 0) is 11.4 Å². The van der Waals surface area contributed by atoms with Crippen LogP contribution in [0.3, 0.4) is 0 Å². The third-order valence-electron chi connectivity index (χ3n) is 3.82. The monoisotopic (exact) mass is 374 g/mol. The fourth-order valence-corrected chi connectivity index (χ4v) is 2.40. The van der Waals surface area contributed by atoms with E-state index in [1.165, 1.54) is 6.08 Å². The molecule has 0 atom stereocenters. The molecule has 0 aliphatic rings. The van der Waals surface area contributed by atoms with E-state index < -0.39 is 11.9 Å². The van der Waals surface area contributed by atoms with Crippen LogP contribution < -0.4 is 10.1 Å². The Morgan fingerprint density at radius 3 is 2.32 bits per heavy atom. The lowest BCUT2D eigenvalue weighted by Gasteiger charge is -2.08. The molecule has 0 saturated carbocycles. The van der Waals surface area contributed by atoms with Gasteiger partial charge in [0, 0.05) is 11.8 Å². The first kappa shape index (κ1) is 18.8. The van der Waals surface area contributed by atoms with Gasteiger partial charge in [-0.3, -0.25) is 9.78 Å². The quantitative estimate of drug-likeness (QED) is 0.618. The van der Waals surface area contributed by atoms with Crippen molar-refractivity contribution < 1.29 is 19.4 Å². The summed E-state index contributed by atoms with van der Waals surface area (Å²) in [5, 5.41) is 11.8. The number of aliphatic carboxylic acids is 1. The van der Waals surface area contributed by atoms with Crippen molar-refractivity contribution in [2.24, 2.45) is 0 Å². The molecule has 1 aromatic heterocycles. The Hall–Kier alpha value is -3.93. The number of carboxylic acids is 1. The average Bonchev–Trinajstić information content (AvgIpc) is 2.74. The van der Waals surface area contributed by atoms with E-state index in [2.05, 4.69) is 10.3 Å². The minimum Gasteiger partial charge on any atom is -0.487 e. The fraction of sp³-hybridized carbons (Fsp3) is 0.0455. The summed E-state index contributed by atoms with van der Waals surface area (Å²) in [5.41, 5.74) is 1.60. The SMILES string of the molecule is O=C(O)/C(=C\c1ccc(OCc2ccccn2)cc1)NC(=O)c1ccccc1. The Balaban J connectivity index is 1.67. The summed E-state index contributed by atoms with van der Waals surface area (Å²) in [5.74, 6) is -1.07. The molecule has 0 saturated heterocycles. The highest BCUT2D eigenvalue weighted by Crippen LogP contribution is 2.16. The minimum atomic E-state index is -1.22. The molecule has 2 N–H and O–H groups in total. The zero-order valence-electron chi connectivity index (χ0n) is 14.9. The molecular formula is C22H18N2O4. The maximum Gasteiger partial charge on any atom is 0.352 e. The number of nitrogens with zero attached hydrogens (tertiary/aromatic N) is 1. The summed E-state index contributed by atoms with van der Waals surface area (Å²) in [6, 6.07) is 20.9. The Morgan fingerprint density at radius 1 is 0.964 bits per heavy atom. The summed E-state index contributed by atoms with van der Waals surface area (Å²) >= 11 is 0. The van der Waals surface area contributed by atoms with Crippen LogP contribution in [0.4, 0.5) is 0 Å². The van der Waals surface area contributed by atoms with Crippen LogP contribution in [-0.4, -0.2) is 22.0 Å². The van der Waals surface area contributed by atoms with E-state index in [0.717, 1.165) is 5.69 Å². The van der Waals surface area contributed by atoms with E-state index in [0.29, 0.717) is 23.5 Å². The van der Waals surface area contributed by atoms with Crippen molar-refractivity contribution in [3.8, 4) is 5.75 Å². The largest absolute Gasteiger partial charge is 0.487 e. The lowest BCUT2D eigenvalue weighted by molar-refractivity contribution is -0.132. The molecule has 28 heavy (non-hydrogen) atoms. The van der Waals surface area contributed by atoms with E-state index in [1.807, 2.05) is 18.2 Å². The van der Waals surface area contributed by atoms with E-state index in [9.17, 15) is 14.7 Å². The van der Waals surface area contributed by atoms with Gasteiger partial charge in [0.1, 0.15) is 18.1 Å². The zero-order valence-corrected chi connectivity index (χ0v) is 14.9. The van der Waals surface area contributed by atoms with Gasteiger partial charge < -0.3 is 15.2 Å². The zero-order chi connectivity index (χ0) is 19.8. The highest BCUT2D eigenvalue weighted by molar-refractivity contribution is 6.02. The second-order valence-corrected chi connectivity index (χ2v) is 5.86. The third kappa shape index (κ3) is 5.28. The van der Waals surface area contributed by atoms with Gasteiger partial charge in [-0.2, -0.15) is 0 Å². The van der Waals surface area contributed by atoms with Crippen LogP contribution in [0.15, 0.2) is 84.7 Å². The molecule has 6 heteroatoms. The second-order valence-electron chi connectivity index (χ2n) is 5.86. The first-order valence-electron chi connectivity index (χ1n) is 8.56. The lowest BCUT2D eigenvalue weighted by atomic mass is 10.1. The highest BCUT2D eigenvalue weighted by atomic mass is 16.5. The van der Waals surface area contributed by atoms with E-state index in [4.69, 9.17) is 4.74 Å². The Bertz CT molecular complexity index is 968. The number of rotatable bonds is 7. The first-order chi connectivity index (χ1) is 13.6. The minimum absolute atomic E-state index is 0.212. The van der Waals surface area contributed by atoms with Gasteiger partial charge in [0.2, 0.25) is 0 Å². The smallest absolute Gasteiger partial charge is 0.352 e. The van der Waals surface area contributed by atoms with Gasteiger partial charge in [-0.1, -0.05) is 36.4 Å². The number of ether oxygens (including phenoxy) is 1. The fourth-order valence-electron chi connectivity index (χ4n) is 2.40. The summed E-state index contributed by atoms with van der Waals surface area (Å²) in [4.78, 5) is 27.8. The number of carboxylic acid groups (broad SMARTS) is 1. The molecule has 3 aromatic rings. The van der Waals surface area contributed by atoms with E-state index in [-0.39, 0.29) is 5.70 Å². The second kappa shape index (κ2) is 9.14. The van der Waals surface area contributed by atoms with Gasteiger partial charge in [0.15, 0.2) is 0 Å². The maximum absolute atomic E-state index is 12.2. The van der Waals surface area contributed by atoms with Gasteiger partial charge in [0.05, 0.1) is 5.69 Å². The molecule has 3 rings (SSSR count). The van der Waals surface area contributed by atoms with E-state index in [1.54, 1.807) is 60.8 Å². The lowest BCUT2D eigenvalue weighted by Crippen LogP contribution is -2.27. The first-order valence-corrected chi connectivity index (χ1v) is 8.56. The molecule has 2 aromatic carbocycles. The summed E-state index contributed by atoms with van der Waals surface area (Å²) in [6.07, 6.45) is 3.09. The van der Waals surface area contributed by atoms with Gasteiger partial charge in [-0.05, 0) is 48.0 Å². The van der Waals surface area contributed by atoms with Crippen molar-refractivity contribution in [1.82, 2.24) is 10.3 Å². The van der Waals surface area contributed by atoms with Crippen molar-refractivity contribution in [3.05, 3.63) is 102 Å². The molecule has 0 bridgehead atoms. The normalized spacial score (nSPS) is 10.9. The van der Waals surface area contributed by atoms with Gasteiger partial charge in [-0.25, -0.2) is 4.79 Å². The van der Waals surface area contributed by atoms with Crippen LogP contribution >= 0.6 is 0 Å². The van der Waals surface area contributed by atoms with Crippen molar-refractivity contribution in [1.29, 1.82) is 0 Å². The number of pyridine rings is 1. The number of aromatic nitrogens is 1. The Kier molecular flexibility index (Phi) is 6.15. The summed E-state index contributed by atoms with van der Waals surface area (Å²) < 4.78 is 5.65. The Morgan fingerprint density at radius 2 is 1.68 bits per heavy atom. The standard InChI is InChI=1S/C22H18N2O4/c25-21(17-6-2-1-3-7-17)24-20(22(26)27)14-16-9-11-19(12-10-16)28-15-18-8-4-5-13-23-18/h1-14H,15H2,(H,24,25)(H,26,27)/b20-14+. The van der Waals surface area contributed by atoms with Crippen LogP contribution in [0.5, 0.6) is 5.75 Å². The molecule has 0 fully saturated rings. The summed E-state index contributed by atoms with van der Waals surface area (Å²) in [6.45, 7) is 0.337. The van der Waals surface area contributed by atoms with Gasteiger partial charge >= 0.3 is 5.97 Å². The van der Waals surface area contributed by atoms with Gasteiger partial charge in [0.25, 0.3) is 5.91 Å². The highest BCUT2D eigenvalue weighted by Gasteiger charge is 2.13. The predicted octanol–water partition coefficient (Wildman–Crippen LogP) is 3.52. The van der Waals surface area contributed by atoms with Crippen LogP contribution in [0.1, 0.15) is 21.6 Å². The molecule has 0 unspecified atom stereocenters. The molecule has 1 heterocycles. The van der Waals surface area contributed by atoms with Crippen molar-refractivity contribution in [2.75, 3.05) is 0 Å². The van der Waals surface area contributed by atoms with Crippen molar-refractivity contribution in [2.45, 2.75) is 6.61 Å². The van der Waals surface area contributed by atoms with Gasteiger partial charge in [-0.15, -0.1) is 0 Å². The Labute approximate surface area is 162 Å². The number of carbonyl (C=O) groups excluding carboxylic acids is 1. The molecule has 0 radical (unpaired) electrons. The van der Waals surface area contributed by atoms with Crippen LogP contribution in [0, 0.1) is 0 Å². The number of nitrogens with one attached hydrogen (secondary N) is 1. The molecule has 0 aliphatic heterocycles. The van der Waals surface area contributed by atoms with Crippen LogP contribution in [0.25, 0.3) is 6.08 Å². The number of carbonyl (C=O) groups is 2. The average molecular weight is 374 g/mol. The maximum atomic E-state index is 12.2. The molecular weight excluding hydrogens is 356 g/mol. The summed E-state index contributed by atoms with van der Waals surface area (Å²) in [7, 11) is 0. The number of benzene rings is 2. The topological polar surface area (TPSA) is 88.5 Å². The molecule has 0 spiro atoms. The predicted molar refractivity (Wildman–Crippen MR) is 105 cm³/mol. The number of amides is 1. The molecule has 1 amide bonds. The van der Waals surface area contributed by atoms with Crippen molar-refractivity contribution in [3.63, 3.8) is 0 Å². The van der Waals surface area contributed by atoms with Crippen molar-refractivity contribution >= 4 is 18.0 Å². The van der Waals surface area contributed by atoms with E-state index >= 15 is 0 Å². The number of hydrogen-bond acceptors (Lipinski definition) is 4. The number of hydrogen-bond donors (Lipinski definition) is 2. The molecule has 0 aliphatic carbocycles.